The molecule has 1 rings (SSSR count). The largest absolute Gasteiger partial charge is 0.478 e. The summed E-state index contributed by atoms with van der Waals surface area (Å²) >= 11 is 0. The number of carboxylic acids is 1. The van der Waals surface area contributed by atoms with Gasteiger partial charge < -0.3 is 15.2 Å². The van der Waals surface area contributed by atoms with Gasteiger partial charge in [0.2, 0.25) is 0 Å². The lowest BCUT2D eigenvalue weighted by molar-refractivity contribution is -0.141. The Labute approximate surface area is 107 Å². The number of nitrogens with zero attached hydrogens (tertiary/aromatic N) is 1. The van der Waals surface area contributed by atoms with Crippen LogP contribution >= 0.6 is 0 Å². The number of halogens is 3. The van der Waals surface area contributed by atoms with E-state index in [2.05, 4.69) is 10.3 Å². The predicted molar refractivity (Wildman–Crippen MR) is 61.2 cm³/mol. The molecule has 0 amide bonds. The van der Waals surface area contributed by atoms with E-state index in [0.29, 0.717) is 19.1 Å². The van der Waals surface area contributed by atoms with Gasteiger partial charge in [-0.15, -0.1) is 0 Å². The lowest BCUT2D eigenvalue weighted by Gasteiger charge is -2.12. The minimum atomic E-state index is -4.61. The number of rotatable bonds is 6. The van der Waals surface area contributed by atoms with Crippen LogP contribution in [0.4, 0.5) is 19.0 Å². The molecular weight excluding hydrogens is 265 g/mol. The van der Waals surface area contributed by atoms with E-state index < -0.39 is 17.8 Å². The number of hydrogen-bond donors (Lipinski definition) is 2. The number of hydrogen-bond acceptors (Lipinski definition) is 4. The first-order valence-corrected chi connectivity index (χ1v) is 5.40. The topological polar surface area (TPSA) is 71.5 Å². The number of methoxy groups -OCH3 is 1. The van der Waals surface area contributed by atoms with Gasteiger partial charge in [0.05, 0.1) is 0 Å². The molecule has 8 heteroatoms. The number of pyridine rings is 1. The minimum absolute atomic E-state index is 0.266. The van der Waals surface area contributed by atoms with Crippen LogP contribution in [0.15, 0.2) is 12.1 Å². The SMILES string of the molecule is COCCCNc1nc(C(F)(F)F)ccc1C(=O)O. The maximum Gasteiger partial charge on any atom is 0.433 e. The van der Waals surface area contributed by atoms with Crippen molar-refractivity contribution in [3.05, 3.63) is 23.4 Å². The Hall–Kier alpha value is -1.83. The van der Waals surface area contributed by atoms with E-state index in [9.17, 15) is 18.0 Å². The zero-order valence-corrected chi connectivity index (χ0v) is 10.1. The molecule has 106 valence electrons. The smallest absolute Gasteiger partial charge is 0.433 e. The van der Waals surface area contributed by atoms with Crippen LogP contribution < -0.4 is 5.32 Å². The quantitative estimate of drug-likeness (QED) is 0.781. The Kier molecular flexibility index (Phi) is 5.11. The van der Waals surface area contributed by atoms with Crippen LogP contribution in [-0.4, -0.2) is 36.3 Å². The van der Waals surface area contributed by atoms with Crippen LogP contribution in [0.5, 0.6) is 0 Å². The van der Waals surface area contributed by atoms with Crippen molar-refractivity contribution < 1.29 is 27.8 Å². The Morgan fingerprint density at radius 3 is 2.68 bits per heavy atom. The van der Waals surface area contributed by atoms with E-state index in [1.54, 1.807) is 0 Å². The maximum atomic E-state index is 12.5. The van der Waals surface area contributed by atoms with Crippen molar-refractivity contribution in [1.82, 2.24) is 4.98 Å². The van der Waals surface area contributed by atoms with E-state index in [1.165, 1.54) is 7.11 Å². The van der Waals surface area contributed by atoms with Crippen LogP contribution in [0.1, 0.15) is 22.5 Å². The van der Waals surface area contributed by atoms with Gasteiger partial charge in [0.1, 0.15) is 17.1 Å². The molecule has 1 aromatic rings. The number of aromatic nitrogens is 1. The first-order valence-electron chi connectivity index (χ1n) is 5.40. The lowest BCUT2D eigenvalue weighted by Crippen LogP contribution is -2.15. The summed E-state index contributed by atoms with van der Waals surface area (Å²) in [5, 5.41) is 11.4. The molecule has 0 spiro atoms. The summed E-state index contributed by atoms with van der Waals surface area (Å²) in [5.41, 5.74) is -1.43. The first-order chi connectivity index (χ1) is 8.86. The molecule has 1 aromatic heterocycles. The van der Waals surface area contributed by atoms with Crippen LogP contribution in [0.2, 0.25) is 0 Å². The van der Waals surface area contributed by atoms with E-state index >= 15 is 0 Å². The summed E-state index contributed by atoms with van der Waals surface area (Å²) in [4.78, 5) is 14.2. The minimum Gasteiger partial charge on any atom is -0.478 e. The van der Waals surface area contributed by atoms with E-state index in [-0.39, 0.29) is 17.9 Å². The van der Waals surface area contributed by atoms with Crippen LogP contribution in [0.3, 0.4) is 0 Å². The number of nitrogens with one attached hydrogen (secondary N) is 1. The second-order valence-corrected chi connectivity index (χ2v) is 3.67. The molecule has 0 unspecified atom stereocenters. The Morgan fingerprint density at radius 1 is 1.47 bits per heavy atom. The third-order valence-corrected chi connectivity index (χ3v) is 2.23. The normalized spacial score (nSPS) is 11.4. The summed E-state index contributed by atoms with van der Waals surface area (Å²) in [6, 6.07) is 1.53. The molecule has 0 radical (unpaired) electrons. The monoisotopic (exact) mass is 278 g/mol. The molecule has 0 fully saturated rings. The molecule has 0 atom stereocenters. The van der Waals surface area contributed by atoms with Gasteiger partial charge in [0.25, 0.3) is 0 Å². The van der Waals surface area contributed by atoms with Gasteiger partial charge in [-0.3, -0.25) is 0 Å². The number of aromatic carboxylic acids is 1. The van der Waals surface area contributed by atoms with Crippen molar-refractivity contribution in [2.45, 2.75) is 12.6 Å². The van der Waals surface area contributed by atoms with E-state index in [1.807, 2.05) is 0 Å². The van der Waals surface area contributed by atoms with Gasteiger partial charge >= 0.3 is 12.1 Å². The van der Waals surface area contributed by atoms with Crippen LogP contribution in [0.25, 0.3) is 0 Å². The summed E-state index contributed by atoms with van der Waals surface area (Å²) < 4.78 is 42.2. The summed E-state index contributed by atoms with van der Waals surface area (Å²) in [5.74, 6) is -1.63. The lowest BCUT2D eigenvalue weighted by atomic mass is 10.2. The highest BCUT2D eigenvalue weighted by Crippen LogP contribution is 2.29. The molecule has 2 N–H and O–H groups in total. The summed E-state index contributed by atoms with van der Waals surface area (Å²) in [6.07, 6.45) is -4.09. The fourth-order valence-corrected chi connectivity index (χ4v) is 1.35. The molecule has 0 aliphatic heterocycles. The summed E-state index contributed by atoms with van der Waals surface area (Å²) in [7, 11) is 1.49. The summed E-state index contributed by atoms with van der Waals surface area (Å²) in [6.45, 7) is 0.677. The maximum absolute atomic E-state index is 12.5. The number of ether oxygens (including phenoxy) is 1. The highest BCUT2D eigenvalue weighted by atomic mass is 19.4. The number of alkyl halides is 3. The van der Waals surface area contributed by atoms with Gasteiger partial charge in [-0.1, -0.05) is 0 Å². The van der Waals surface area contributed by atoms with E-state index in [4.69, 9.17) is 9.84 Å². The Balaban J connectivity index is 2.93. The van der Waals surface area contributed by atoms with Crippen molar-refractivity contribution in [1.29, 1.82) is 0 Å². The van der Waals surface area contributed by atoms with Crippen LogP contribution in [0, 0.1) is 0 Å². The van der Waals surface area contributed by atoms with Crippen molar-refractivity contribution in [2.75, 3.05) is 25.6 Å². The second kappa shape index (κ2) is 6.37. The van der Waals surface area contributed by atoms with Crippen LogP contribution in [-0.2, 0) is 10.9 Å². The number of carboxylic acid groups (broad SMARTS) is 1. The Morgan fingerprint density at radius 2 is 2.16 bits per heavy atom. The van der Waals surface area contributed by atoms with Gasteiger partial charge in [0.15, 0.2) is 0 Å². The molecule has 19 heavy (non-hydrogen) atoms. The second-order valence-electron chi connectivity index (χ2n) is 3.67. The molecule has 5 nitrogen and oxygen atoms in total. The molecule has 0 saturated carbocycles. The fraction of sp³-hybridized carbons (Fsp3) is 0.455. The number of carbonyl (C=O) groups is 1. The zero-order chi connectivity index (χ0) is 14.5. The average molecular weight is 278 g/mol. The van der Waals surface area contributed by atoms with E-state index in [0.717, 1.165) is 6.07 Å². The predicted octanol–water partition coefficient (Wildman–Crippen LogP) is 2.25. The standard InChI is InChI=1S/C11H13F3N2O3/c1-19-6-2-5-15-9-7(10(17)18)3-4-8(16-9)11(12,13)14/h3-4H,2,5-6H2,1H3,(H,15,16)(H,17,18). The van der Waals surface area contributed by atoms with Crippen molar-refractivity contribution in [3.63, 3.8) is 0 Å². The molecule has 0 saturated heterocycles. The number of anilines is 1. The van der Waals surface area contributed by atoms with Crippen molar-refractivity contribution in [2.24, 2.45) is 0 Å². The molecule has 0 bridgehead atoms. The third kappa shape index (κ3) is 4.40. The molecule has 1 heterocycles. The molecule has 0 aromatic carbocycles. The average Bonchev–Trinajstić information content (AvgIpc) is 2.33. The molecule has 0 aliphatic rings. The van der Waals surface area contributed by atoms with Crippen molar-refractivity contribution >= 4 is 11.8 Å². The molecular formula is C11H13F3N2O3. The first kappa shape index (κ1) is 15.2. The van der Waals surface area contributed by atoms with Gasteiger partial charge in [-0.2, -0.15) is 13.2 Å². The third-order valence-electron chi connectivity index (χ3n) is 2.23. The van der Waals surface area contributed by atoms with Gasteiger partial charge in [0, 0.05) is 20.3 Å². The Bertz CT molecular complexity index is 449. The highest BCUT2D eigenvalue weighted by Gasteiger charge is 2.33. The van der Waals surface area contributed by atoms with Crippen molar-refractivity contribution in [3.8, 4) is 0 Å². The fourth-order valence-electron chi connectivity index (χ4n) is 1.35. The zero-order valence-electron chi connectivity index (χ0n) is 10.1. The highest BCUT2D eigenvalue weighted by molar-refractivity contribution is 5.93. The molecule has 0 aliphatic carbocycles. The van der Waals surface area contributed by atoms with Gasteiger partial charge in [-0.05, 0) is 18.6 Å². The van der Waals surface area contributed by atoms with Gasteiger partial charge in [-0.25, -0.2) is 9.78 Å².